The molecule has 0 fully saturated rings. The molecule has 0 saturated heterocycles. The summed E-state index contributed by atoms with van der Waals surface area (Å²) in [4.78, 5) is 37.9. The average molecular weight is 457 g/mol. The van der Waals surface area contributed by atoms with E-state index in [1.54, 1.807) is 24.3 Å². The number of nitrogens with zero attached hydrogens (tertiary/aromatic N) is 2. The predicted octanol–water partition coefficient (Wildman–Crippen LogP) is 2.06. The molecule has 10 heteroatoms. The number of carbonyl (C=O) groups excluding carboxylic acids is 2. The molecule has 3 aromatic rings. The van der Waals surface area contributed by atoms with Gasteiger partial charge in [0.25, 0.3) is 17.4 Å². The van der Waals surface area contributed by atoms with Crippen LogP contribution >= 0.6 is 0 Å². The van der Waals surface area contributed by atoms with E-state index in [9.17, 15) is 22.8 Å². The van der Waals surface area contributed by atoms with Crippen LogP contribution in [0.1, 0.15) is 47.0 Å². The topological polar surface area (TPSA) is 127 Å². The number of nitrogens with one attached hydrogen (secondary N) is 2. The van der Waals surface area contributed by atoms with Gasteiger partial charge in [0, 0.05) is 23.8 Å². The SMILES string of the molecule is CCCCCn1nc(C(=O)NNC(=O)c2cccc(S(C)(=O)=O)c2)c2ccccc2c1=O. The van der Waals surface area contributed by atoms with Crippen LogP contribution in [0.5, 0.6) is 0 Å². The number of benzene rings is 2. The van der Waals surface area contributed by atoms with E-state index < -0.39 is 21.7 Å². The molecule has 0 atom stereocenters. The second-order valence-electron chi connectivity index (χ2n) is 7.34. The second-order valence-corrected chi connectivity index (χ2v) is 9.35. The first-order valence-electron chi connectivity index (χ1n) is 10.1. The third-order valence-corrected chi connectivity index (χ3v) is 5.98. The van der Waals surface area contributed by atoms with Crippen molar-refractivity contribution in [3.05, 3.63) is 70.1 Å². The first-order chi connectivity index (χ1) is 15.2. The molecule has 3 rings (SSSR count). The van der Waals surface area contributed by atoms with Gasteiger partial charge in [0.05, 0.1) is 10.3 Å². The summed E-state index contributed by atoms with van der Waals surface area (Å²) in [5, 5.41) is 4.96. The molecule has 168 valence electrons. The van der Waals surface area contributed by atoms with Gasteiger partial charge in [-0.15, -0.1) is 0 Å². The van der Waals surface area contributed by atoms with Crippen molar-refractivity contribution in [1.29, 1.82) is 0 Å². The Morgan fingerprint density at radius 3 is 2.34 bits per heavy atom. The lowest BCUT2D eigenvalue weighted by atomic mass is 10.1. The number of unbranched alkanes of at least 4 members (excludes halogenated alkanes) is 2. The van der Waals surface area contributed by atoms with Gasteiger partial charge in [-0.05, 0) is 30.7 Å². The van der Waals surface area contributed by atoms with E-state index in [0.29, 0.717) is 17.3 Å². The Labute approximate surface area is 185 Å². The molecule has 1 aromatic heterocycles. The van der Waals surface area contributed by atoms with Crippen LogP contribution in [0.3, 0.4) is 0 Å². The van der Waals surface area contributed by atoms with Gasteiger partial charge < -0.3 is 0 Å². The first kappa shape index (κ1) is 23.1. The first-order valence-corrected chi connectivity index (χ1v) is 12.0. The zero-order valence-electron chi connectivity index (χ0n) is 17.8. The number of aryl methyl sites for hydroxylation is 1. The zero-order valence-corrected chi connectivity index (χ0v) is 18.6. The Bertz CT molecular complexity index is 1330. The van der Waals surface area contributed by atoms with Crippen molar-refractivity contribution in [3.63, 3.8) is 0 Å². The molecule has 0 unspecified atom stereocenters. The van der Waals surface area contributed by atoms with Crippen molar-refractivity contribution in [1.82, 2.24) is 20.6 Å². The summed E-state index contributed by atoms with van der Waals surface area (Å²) in [6, 6.07) is 12.1. The summed E-state index contributed by atoms with van der Waals surface area (Å²) in [6.45, 7) is 2.42. The molecular formula is C22H24N4O5S. The van der Waals surface area contributed by atoms with E-state index in [1.165, 1.54) is 28.9 Å². The van der Waals surface area contributed by atoms with Crippen molar-refractivity contribution < 1.29 is 18.0 Å². The molecular weight excluding hydrogens is 432 g/mol. The summed E-state index contributed by atoms with van der Waals surface area (Å²) < 4.78 is 24.7. The van der Waals surface area contributed by atoms with Crippen LogP contribution in [0.2, 0.25) is 0 Å². The van der Waals surface area contributed by atoms with E-state index in [0.717, 1.165) is 25.5 Å². The maximum Gasteiger partial charge on any atom is 0.290 e. The molecule has 2 N–H and O–H groups in total. The minimum atomic E-state index is -3.49. The van der Waals surface area contributed by atoms with Crippen molar-refractivity contribution >= 4 is 32.4 Å². The van der Waals surface area contributed by atoms with Crippen LogP contribution < -0.4 is 16.4 Å². The van der Waals surface area contributed by atoms with E-state index in [4.69, 9.17) is 0 Å². The molecule has 32 heavy (non-hydrogen) atoms. The summed E-state index contributed by atoms with van der Waals surface area (Å²) in [6.07, 6.45) is 3.68. The van der Waals surface area contributed by atoms with E-state index in [1.807, 2.05) is 6.92 Å². The fraction of sp³-hybridized carbons (Fsp3) is 0.273. The maximum atomic E-state index is 12.8. The summed E-state index contributed by atoms with van der Waals surface area (Å²) >= 11 is 0. The van der Waals surface area contributed by atoms with E-state index in [-0.39, 0.29) is 21.7 Å². The summed E-state index contributed by atoms with van der Waals surface area (Å²) in [5.41, 5.74) is 4.35. The van der Waals surface area contributed by atoms with Crippen LogP contribution in [0.4, 0.5) is 0 Å². The summed E-state index contributed by atoms with van der Waals surface area (Å²) in [7, 11) is -3.49. The van der Waals surface area contributed by atoms with Crippen molar-refractivity contribution in [2.75, 3.05) is 6.26 Å². The van der Waals surface area contributed by atoms with Gasteiger partial charge >= 0.3 is 0 Å². The standard InChI is InChI=1S/C22H24N4O5S/c1-3-4-7-13-26-22(29)18-12-6-5-11-17(18)19(25-26)21(28)24-23-20(27)15-9-8-10-16(14-15)32(2,30)31/h5-6,8-12,14H,3-4,7,13H2,1-2H3,(H,23,27)(H,24,28). The number of hydrogen-bond acceptors (Lipinski definition) is 6. The fourth-order valence-corrected chi connectivity index (χ4v) is 3.85. The van der Waals surface area contributed by atoms with Gasteiger partial charge in [-0.2, -0.15) is 5.10 Å². The Morgan fingerprint density at radius 2 is 1.66 bits per heavy atom. The lowest BCUT2D eigenvalue weighted by Gasteiger charge is -2.12. The molecule has 0 aliphatic rings. The Hall–Kier alpha value is -3.53. The Morgan fingerprint density at radius 1 is 0.969 bits per heavy atom. The van der Waals surface area contributed by atoms with Gasteiger partial charge in [-0.3, -0.25) is 25.2 Å². The quantitative estimate of drug-likeness (QED) is 0.414. The van der Waals surface area contributed by atoms with Crippen LogP contribution in [0, 0.1) is 0 Å². The Balaban J connectivity index is 1.85. The highest BCUT2D eigenvalue weighted by Crippen LogP contribution is 2.14. The van der Waals surface area contributed by atoms with Crippen LogP contribution in [0.15, 0.2) is 58.2 Å². The van der Waals surface area contributed by atoms with Gasteiger partial charge in [0.15, 0.2) is 15.5 Å². The number of amides is 2. The van der Waals surface area contributed by atoms with Crippen LogP contribution in [0.25, 0.3) is 10.8 Å². The molecule has 0 aliphatic heterocycles. The zero-order chi connectivity index (χ0) is 23.3. The molecule has 0 spiro atoms. The van der Waals surface area contributed by atoms with Gasteiger partial charge in [0.2, 0.25) is 0 Å². The molecule has 0 radical (unpaired) electrons. The number of sulfone groups is 1. The number of aromatic nitrogens is 2. The minimum absolute atomic E-state index is 0.00175. The van der Waals surface area contributed by atoms with Crippen molar-refractivity contribution in [2.45, 2.75) is 37.6 Å². The number of rotatable bonds is 7. The minimum Gasteiger partial charge on any atom is -0.267 e. The average Bonchev–Trinajstić information content (AvgIpc) is 2.78. The number of carbonyl (C=O) groups is 2. The molecule has 0 aliphatic carbocycles. The molecule has 0 bridgehead atoms. The maximum absolute atomic E-state index is 12.8. The van der Waals surface area contributed by atoms with Crippen molar-refractivity contribution in [2.24, 2.45) is 0 Å². The van der Waals surface area contributed by atoms with Gasteiger partial charge in [-0.1, -0.05) is 44.0 Å². The highest BCUT2D eigenvalue weighted by atomic mass is 32.2. The number of hydrogen-bond donors (Lipinski definition) is 2. The molecule has 2 amide bonds. The molecule has 1 heterocycles. The monoisotopic (exact) mass is 456 g/mol. The molecule has 2 aromatic carbocycles. The lowest BCUT2D eigenvalue weighted by Crippen LogP contribution is -2.42. The number of hydrazine groups is 1. The highest BCUT2D eigenvalue weighted by molar-refractivity contribution is 7.90. The van der Waals surface area contributed by atoms with Crippen molar-refractivity contribution in [3.8, 4) is 0 Å². The largest absolute Gasteiger partial charge is 0.290 e. The van der Waals surface area contributed by atoms with E-state index in [2.05, 4.69) is 16.0 Å². The fourth-order valence-electron chi connectivity index (χ4n) is 3.18. The Kier molecular flexibility index (Phi) is 7.04. The normalized spacial score (nSPS) is 11.3. The number of fused-ring (bicyclic) bond motifs is 1. The van der Waals surface area contributed by atoms with Crippen LogP contribution in [-0.4, -0.2) is 36.3 Å². The second kappa shape index (κ2) is 9.73. The van der Waals surface area contributed by atoms with E-state index >= 15 is 0 Å². The van der Waals surface area contributed by atoms with Gasteiger partial charge in [0.1, 0.15) is 0 Å². The lowest BCUT2D eigenvalue weighted by molar-refractivity contribution is 0.0843. The predicted molar refractivity (Wildman–Crippen MR) is 120 cm³/mol. The molecule has 0 saturated carbocycles. The highest BCUT2D eigenvalue weighted by Gasteiger charge is 2.18. The third kappa shape index (κ3) is 5.20. The smallest absolute Gasteiger partial charge is 0.267 e. The molecule has 9 nitrogen and oxygen atoms in total. The summed E-state index contributed by atoms with van der Waals surface area (Å²) in [5.74, 6) is -1.39. The van der Waals surface area contributed by atoms with Gasteiger partial charge in [-0.25, -0.2) is 13.1 Å². The third-order valence-electron chi connectivity index (χ3n) is 4.87. The van der Waals surface area contributed by atoms with Crippen LogP contribution in [-0.2, 0) is 16.4 Å².